The molecule has 0 saturated heterocycles. The Kier molecular flexibility index (Phi) is 3.68. The number of nitrogens with zero attached hydrogens (tertiary/aromatic N) is 5. The Hall–Kier alpha value is -1.73. The fourth-order valence-corrected chi connectivity index (χ4v) is 1.93. The first-order chi connectivity index (χ1) is 8.91. The van der Waals surface area contributed by atoms with Crippen molar-refractivity contribution < 1.29 is 4.92 Å². The van der Waals surface area contributed by atoms with Crippen LogP contribution in [0.15, 0.2) is 12.1 Å². The molecule has 0 amide bonds. The van der Waals surface area contributed by atoms with Crippen LogP contribution in [0.5, 0.6) is 0 Å². The molecule has 100 valence electrons. The highest BCUT2D eigenvalue weighted by atomic mass is 35.5. The van der Waals surface area contributed by atoms with Crippen molar-refractivity contribution in [1.82, 2.24) is 20.0 Å². The summed E-state index contributed by atoms with van der Waals surface area (Å²) < 4.78 is 1.18. The van der Waals surface area contributed by atoms with E-state index in [-0.39, 0.29) is 27.7 Å². The Morgan fingerprint density at radius 2 is 2.00 bits per heavy atom. The molecule has 9 heteroatoms. The largest absolute Gasteiger partial charge is 0.329 e. The molecule has 0 aliphatic carbocycles. The lowest BCUT2D eigenvalue weighted by molar-refractivity contribution is -0.385. The molecule has 0 aliphatic rings. The van der Waals surface area contributed by atoms with Gasteiger partial charge in [-0.2, -0.15) is 9.78 Å². The smallest absolute Gasteiger partial charge is 0.258 e. The predicted octanol–water partition coefficient (Wildman–Crippen LogP) is 3.00. The van der Waals surface area contributed by atoms with Gasteiger partial charge in [0.05, 0.1) is 4.92 Å². The molecule has 0 aromatic carbocycles. The second kappa shape index (κ2) is 5.10. The van der Waals surface area contributed by atoms with Crippen molar-refractivity contribution >= 4 is 28.9 Å². The van der Waals surface area contributed by atoms with Crippen molar-refractivity contribution in [2.45, 2.75) is 19.8 Å². The molecule has 7 nitrogen and oxygen atoms in total. The molecule has 0 atom stereocenters. The van der Waals surface area contributed by atoms with Gasteiger partial charge < -0.3 is 0 Å². The topological polar surface area (TPSA) is 86.7 Å². The molecule has 0 spiro atoms. The number of nitro groups is 1. The summed E-state index contributed by atoms with van der Waals surface area (Å²) in [5, 5.41) is 22.7. The van der Waals surface area contributed by atoms with E-state index in [1.807, 2.05) is 0 Å². The lowest BCUT2D eigenvalue weighted by atomic mass is 10.1. The maximum atomic E-state index is 11.1. The monoisotopic (exact) mass is 301 g/mol. The zero-order chi connectivity index (χ0) is 14.2. The second-order valence-corrected chi connectivity index (χ2v) is 4.81. The molecular formula is C10H9Cl2N5O2. The number of rotatable bonds is 3. The summed E-state index contributed by atoms with van der Waals surface area (Å²) in [6.07, 6.45) is 0. The van der Waals surface area contributed by atoms with E-state index in [1.165, 1.54) is 16.8 Å². The molecule has 2 aromatic rings. The van der Waals surface area contributed by atoms with Gasteiger partial charge in [0.2, 0.25) is 5.15 Å². The van der Waals surface area contributed by atoms with Gasteiger partial charge in [0, 0.05) is 5.92 Å². The Morgan fingerprint density at radius 1 is 1.32 bits per heavy atom. The van der Waals surface area contributed by atoms with Crippen LogP contribution in [-0.2, 0) is 0 Å². The van der Waals surface area contributed by atoms with Crippen LogP contribution in [0.25, 0.3) is 5.82 Å². The van der Waals surface area contributed by atoms with Gasteiger partial charge in [0.15, 0.2) is 11.0 Å². The molecule has 2 aromatic heterocycles. The molecule has 0 saturated carbocycles. The lowest BCUT2D eigenvalue weighted by Gasteiger charge is -1.99. The van der Waals surface area contributed by atoms with Crippen LogP contribution < -0.4 is 0 Å². The van der Waals surface area contributed by atoms with Gasteiger partial charge in [-0.1, -0.05) is 37.0 Å². The molecule has 2 rings (SSSR count). The minimum atomic E-state index is -0.551. The Balaban J connectivity index is 2.62. The fourth-order valence-electron chi connectivity index (χ4n) is 1.54. The van der Waals surface area contributed by atoms with Crippen molar-refractivity contribution in [2.75, 3.05) is 0 Å². The van der Waals surface area contributed by atoms with Crippen molar-refractivity contribution in [1.29, 1.82) is 0 Å². The minimum absolute atomic E-state index is 0.106. The first-order valence-electron chi connectivity index (χ1n) is 5.34. The number of hydrogen-bond acceptors (Lipinski definition) is 5. The van der Waals surface area contributed by atoms with E-state index < -0.39 is 4.92 Å². The van der Waals surface area contributed by atoms with Gasteiger partial charge in [-0.25, -0.2) is 0 Å². The summed E-state index contributed by atoms with van der Waals surface area (Å²) in [5.41, 5.74) is 0.0835. The van der Waals surface area contributed by atoms with Gasteiger partial charge in [0.25, 0.3) is 0 Å². The molecular weight excluding hydrogens is 293 g/mol. The summed E-state index contributed by atoms with van der Waals surface area (Å²) in [5.74, 6) is 0.129. The van der Waals surface area contributed by atoms with Crippen molar-refractivity contribution in [3.63, 3.8) is 0 Å². The maximum absolute atomic E-state index is 11.1. The minimum Gasteiger partial charge on any atom is -0.258 e. The third kappa shape index (κ3) is 2.52. The van der Waals surface area contributed by atoms with Crippen LogP contribution in [0.1, 0.15) is 25.5 Å². The van der Waals surface area contributed by atoms with E-state index in [9.17, 15) is 10.1 Å². The highest BCUT2D eigenvalue weighted by Gasteiger charge is 2.29. The predicted molar refractivity (Wildman–Crippen MR) is 69.9 cm³/mol. The Morgan fingerprint density at radius 3 is 2.42 bits per heavy atom. The summed E-state index contributed by atoms with van der Waals surface area (Å²) in [6, 6.07) is 3.03. The summed E-state index contributed by atoms with van der Waals surface area (Å²) in [4.78, 5) is 10.5. The van der Waals surface area contributed by atoms with Crippen LogP contribution in [0.2, 0.25) is 10.3 Å². The first-order valence-corrected chi connectivity index (χ1v) is 6.09. The standard InChI is InChI=1S/C10H9Cl2N5O2/c1-5(2)8-9(17(18)19)10(12)16(15-8)7-4-3-6(11)13-14-7/h3-5H,1-2H3. The molecule has 0 N–H and O–H groups in total. The second-order valence-electron chi connectivity index (χ2n) is 4.06. The molecule has 19 heavy (non-hydrogen) atoms. The van der Waals surface area contributed by atoms with Gasteiger partial charge in [-0.3, -0.25) is 10.1 Å². The van der Waals surface area contributed by atoms with Gasteiger partial charge >= 0.3 is 5.69 Å². The van der Waals surface area contributed by atoms with Crippen molar-refractivity contribution in [3.05, 3.63) is 38.2 Å². The molecule has 2 heterocycles. The summed E-state index contributed by atoms with van der Waals surface area (Å²) in [6.45, 7) is 3.59. The van der Waals surface area contributed by atoms with E-state index >= 15 is 0 Å². The number of aromatic nitrogens is 4. The van der Waals surface area contributed by atoms with E-state index in [2.05, 4.69) is 15.3 Å². The van der Waals surface area contributed by atoms with Crippen molar-refractivity contribution in [3.8, 4) is 5.82 Å². The highest BCUT2D eigenvalue weighted by molar-refractivity contribution is 6.32. The average Bonchev–Trinajstić information content (AvgIpc) is 2.68. The third-order valence-corrected chi connectivity index (χ3v) is 2.94. The first kappa shape index (κ1) is 13.7. The number of halogens is 2. The lowest BCUT2D eigenvalue weighted by Crippen LogP contribution is -2.02. The maximum Gasteiger partial charge on any atom is 0.329 e. The van der Waals surface area contributed by atoms with E-state index in [1.54, 1.807) is 13.8 Å². The highest BCUT2D eigenvalue weighted by Crippen LogP contribution is 2.34. The molecule has 0 bridgehead atoms. The van der Waals surface area contributed by atoms with Gasteiger partial charge in [-0.15, -0.1) is 10.2 Å². The Labute approximate surface area is 118 Å². The van der Waals surface area contributed by atoms with Gasteiger partial charge in [0.1, 0.15) is 5.69 Å². The van der Waals surface area contributed by atoms with E-state index in [0.717, 1.165) is 0 Å². The molecule has 0 unspecified atom stereocenters. The summed E-state index contributed by atoms with van der Waals surface area (Å²) in [7, 11) is 0. The zero-order valence-electron chi connectivity index (χ0n) is 10.0. The number of hydrogen-bond donors (Lipinski definition) is 0. The van der Waals surface area contributed by atoms with Crippen LogP contribution in [-0.4, -0.2) is 24.9 Å². The third-order valence-electron chi connectivity index (χ3n) is 2.40. The SMILES string of the molecule is CC(C)c1nn(-c2ccc(Cl)nn2)c(Cl)c1[N+](=O)[O-]. The van der Waals surface area contributed by atoms with Gasteiger partial charge in [-0.05, 0) is 12.1 Å². The van der Waals surface area contributed by atoms with Crippen molar-refractivity contribution in [2.24, 2.45) is 0 Å². The fraction of sp³-hybridized carbons (Fsp3) is 0.300. The summed E-state index contributed by atoms with van der Waals surface area (Å²) >= 11 is 11.6. The zero-order valence-corrected chi connectivity index (χ0v) is 11.6. The quantitative estimate of drug-likeness (QED) is 0.642. The molecule has 0 radical (unpaired) electrons. The van der Waals surface area contributed by atoms with E-state index in [0.29, 0.717) is 5.69 Å². The van der Waals surface area contributed by atoms with E-state index in [4.69, 9.17) is 23.2 Å². The van der Waals surface area contributed by atoms with Crippen LogP contribution >= 0.6 is 23.2 Å². The Bertz CT molecular complexity index is 624. The average molecular weight is 302 g/mol. The molecule has 0 aliphatic heterocycles. The van der Waals surface area contributed by atoms with Crippen LogP contribution in [0.3, 0.4) is 0 Å². The normalized spacial score (nSPS) is 11.0. The van der Waals surface area contributed by atoms with Crippen LogP contribution in [0, 0.1) is 10.1 Å². The molecule has 0 fully saturated rings. The van der Waals surface area contributed by atoms with Crippen LogP contribution in [0.4, 0.5) is 5.69 Å².